The fourth-order valence-electron chi connectivity index (χ4n) is 2.06. The number of carbonyl (C=O) groups is 1. The van der Waals surface area contributed by atoms with Crippen molar-refractivity contribution >= 4 is 38.8 Å². The predicted octanol–water partition coefficient (Wildman–Crippen LogP) is 2.40. The lowest BCUT2D eigenvalue weighted by Gasteiger charge is -2.12. The smallest absolute Gasteiger partial charge is 0.262 e. The Labute approximate surface area is 128 Å². The largest absolute Gasteiger partial charge is 0.347 e. The average Bonchev–Trinajstić information content (AvgIpc) is 3.12. The second-order valence-electron chi connectivity index (χ2n) is 4.62. The molecule has 3 aromatic heterocycles. The molecular weight excluding hydrogens is 306 g/mol. The molecular formula is C14H13N3O2S2. The average molecular weight is 319 g/mol. The minimum Gasteiger partial charge on any atom is -0.347 e. The standard InChI is InChI=1S/C14H13N3O2S2/c1-9(11-3-2-5-20-11)16-12(18)7-17-8-15-13-10(14(17)19)4-6-21-13/h2-6,8-9H,7H2,1H3,(H,16,18)/t9-/m1/s1. The molecule has 1 atom stereocenters. The van der Waals surface area contributed by atoms with Crippen LogP contribution in [0.2, 0.25) is 0 Å². The molecule has 3 aromatic rings. The lowest BCUT2D eigenvalue weighted by Crippen LogP contribution is -2.33. The van der Waals surface area contributed by atoms with Crippen molar-refractivity contribution in [2.75, 3.05) is 0 Å². The predicted molar refractivity (Wildman–Crippen MR) is 84.8 cm³/mol. The van der Waals surface area contributed by atoms with Gasteiger partial charge in [0.15, 0.2) is 0 Å². The molecule has 0 aliphatic rings. The van der Waals surface area contributed by atoms with Gasteiger partial charge in [0.05, 0.1) is 17.8 Å². The molecule has 3 heterocycles. The quantitative estimate of drug-likeness (QED) is 0.803. The SMILES string of the molecule is C[C@@H](NC(=O)Cn1cnc2sccc2c1=O)c1cccs1. The highest BCUT2D eigenvalue weighted by atomic mass is 32.1. The summed E-state index contributed by atoms with van der Waals surface area (Å²) < 4.78 is 1.34. The van der Waals surface area contributed by atoms with E-state index in [1.165, 1.54) is 22.2 Å². The topological polar surface area (TPSA) is 64.0 Å². The third-order valence-electron chi connectivity index (χ3n) is 3.11. The summed E-state index contributed by atoms with van der Waals surface area (Å²) in [4.78, 5) is 30.2. The molecule has 1 N–H and O–H groups in total. The Morgan fingerprint density at radius 3 is 3.00 bits per heavy atom. The maximum atomic E-state index is 12.2. The number of hydrogen-bond acceptors (Lipinski definition) is 5. The fraction of sp³-hybridized carbons (Fsp3) is 0.214. The number of hydrogen-bond donors (Lipinski definition) is 1. The van der Waals surface area contributed by atoms with Crippen molar-refractivity contribution in [2.24, 2.45) is 0 Å². The highest BCUT2D eigenvalue weighted by molar-refractivity contribution is 7.16. The molecule has 3 rings (SSSR count). The third-order valence-corrected chi connectivity index (χ3v) is 4.99. The van der Waals surface area contributed by atoms with Crippen molar-refractivity contribution in [3.8, 4) is 0 Å². The van der Waals surface area contributed by atoms with Crippen LogP contribution in [0, 0.1) is 0 Å². The Balaban J connectivity index is 1.74. The number of carbonyl (C=O) groups excluding carboxylic acids is 1. The minimum absolute atomic E-state index is 0.0205. The Morgan fingerprint density at radius 1 is 1.38 bits per heavy atom. The first kappa shape index (κ1) is 14.0. The maximum Gasteiger partial charge on any atom is 0.262 e. The maximum absolute atomic E-state index is 12.2. The number of rotatable bonds is 4. The van der Waals surface area contributed by atoms with E-state index in [-0.39, 0.29) is 24.1 Å². The molecule has 0 saturated heterocycles. The van der Waals surface area contributed by atoms with Crippen LogP contribution in [0.1, 0.15) is 17.8 Å². The Hall–Kier alpha value is -1.99. The van der Waals surface area contributed by atoms with Crippen LogP contribution in [0.5, 0.6) is 0 Å². The van der Waals surface area contributed by atoms with Gasteiger partial charge in [-0.2, -0.15) is 0 Å². The van der Waals surface area contributed by atoms with E-state index in [4.69, 9.17) is 0 Å². The van der Waals surface area contributed by atoms with Crippen LogP contribution in [-0.2, 0) is 11.3 Å². The van der Waals surface area contributed by atoms with Gasteiger partial charge in [-0.3, -0.25) is 14.2 Å². The zero-order valence-corrected chi connectivity index (χ0v) is 12.9. The Morgan fingerprint density at radius 2 is 2.24 bits per heavy atom. The monoisotopic (exact) mass is 319 g/mol. The van der Waals surface area contributed by atoms with E-state index in [9.17, 15) is 9.59 Å². The molecule has 0 fully saturated rings. The van der Waals surface area contributed by atoms with E-state index in [2.05, 4.69) is 10.3 Å². The molecule has 5 nitrogen and oxygen atoms in total. The van der Waals surface area contributed by atoms with Crippen LogP contribution < -0.4 is 10.9 Å². The summed E-state index contributed by atoms with van der Waals surface area (Å²) in [5.74, 6) is -0.200. The van der Waals surface area contributed by atoms with E-state index in [0.29, 0.717) is 10.2 Å². The lowest BCUT2D eigenvalue weighted by atomic mass is 10.3. The van der Waals surface area contributed by atoms with E-state index in [1.54, 1.807) is 17.4 Å². The van der Waals surface area contributed by atoms with Crippen LogP contribution in [0.15, 0.2) is 40.1 Å². The highest BCUT2D eigenvalue weighted by Crippen LogP contribution is 2.18. The fourth-order valence-corrected chi connectivity index (χ4v) is 3.51. The van der Waals surface area contributed by atoms with Crippen LogP contribution in [0.4, 0.5) is 0 Å². The van der Waals surface area contributed by atoms with Gasteiger partial charge >= 0.3 is 0 Å². The van der Waals surface area contributed by atoms with Gasteiger partial charge in [-0.05, 0) is 29.8 Å². The molecule has 0 bridgehead atoms. The third kappa shape index (κ3) is 2.88. The van der Waals surface area contributed by atoms with Crippen LogP contribution in [-0.4, -0.2) is 15.5 Å². The van der Waals surface area contributed by atoms with Gasteiger partial charge in [0.1, 0.15) is 11.4 Å². The minimum atomic E-state index is -0.200. The summed E-state index contributed by atoms with van der Waals surface area (Å²) in [6, 6.07) is 5.59. The molecule has 1 amide bonds. The zero-order valence-electron chi connectivity index (χ0n) is 11.3. The summed E-state index contributed by atoms with van der Waals surface area (Å²) >= 11 is 3.01. The lowest BCUT2D eigenvalue weighted by molar-refractivity contribution is -0.122. The van der Waals surface area contributed by atoms with Crippen LogP contribution >= 0.6 is 22.7 Å². The van der Waals surface area contributed by atoms with Crippen molar-refractivity contribution in [2.45, 2.75) is 19.5 Å². The summed E-state index contributed by atoms with van der Waals surface area (Å²) in [5, 5.41) is 7.23. The van der Waals surface area contributed by atoms with Crippen LogP contribution in [0.3, 0.4) is 0 Å². The molecule has 0 saturated carbocycles. The van der Waals surface area contributed by atoms with E-state index in [0.717, 1.165) is 4.88 Å². The first-order valence-corrected chi connectivity index (χ1v) is 8.16. The number of aromatic nitrogens is 2. The first-order valence-electron chi connectivity index (χ1n) is 6.40. The number of amides is 1. The number of fused-ring (bicyclic) bond motifs is 1. The summed E-state index contributed by atoms with van der Waals surface area (Å²) in [6.45, 7) is 1.90. The molecule has 108 valence electrons. The normalized spacial score (nSPS) is 12.4. The Bertz CT molecular complexity index is 820. The van der Waals surface area contributed by atoms with Crippen molar-refractivity contribution < 1.29 is 4.79 Å². The second-order valence-corrected chi connectivity index (χ2v) is 6.50. The number of nitrogens with one attached hydrogen (secondary N) is 1. The van der Waals surface area contributed by atoms with Crippen molar-refractivity contribution in [1.29, 1.82) is 0 Å². The molecule has 0 unspecified atom stereocenters. The van der Waals surface area contributed by atoms with Gasteiger partial charge < -0.3 is 5.32 Å². The zero-order chi connectivity index (χ0) is 14.8. The van der Waals surface area contributed by atoms with Gasteiger partial charge in [-0.15, -0.1) is 22.7 Å². The molecule has 0 spiro atoms. The molecule has 21 heavy (non-hydrogen) atoms. The highest BCUT2D eigenvalue weighted by Gasteiger charge is 2.12. The Kier molecular flexibility index (Phi) is 3.85. The molecule has 0 aliphatic heterocycles. The summed E-state index contributed by atoms with van der Waals surface area (Å²) in [5.41, 5.74) is -0.180. The van der Waals surface area contributed by atoms with Gasteiger partial charge in [-0.1, -0.05) is 6.07 Å². The number of thiophene rings is 2. The van der Waals surface area contributed by atoms with Crippen LogP contribution in [0.25, 0.3) is 10.2 Å². The van der Waals surface area contributed by atoms with Crippen molar-refractivity contribution in [3.63, 3.8) is 0 Å². The van der Waals surface area contributed by atoms with E-state index < -0.39 is 0 Å². The molecule has 0 aliphatic carbocycles. The summed E-state index contributed by atoms with van der Waals surface area (Å²) in [6.07, 6.45) is 1.43. The molecule has 0 aromatic carbocycles. The van der Waals surface area contributed by atoms with Crippen molar-refractivity contribution in [1.82, 2.24) is 14.9 Å². The molecule has 0 radical (unpaired) electrons. The van der Waals surface area contributed by atoms with E-state index in [1.807, 2.05) is 29.8 Å². The van der Waals surface area contributed by atoms with Gasteiger partial charge in [0, 0.05) is 4.88 Å². The van der Waals surface area contributed by atoms with Crippen molar-refractivity contribution in [3.05, 3.63) is 50.5 Å². The van der Waals surface area contributed by atoms with Gasteiger partial charge in [-0.25, -0.2) is 4.98 Å². The summed E-state index contributed by atoms with van der Waals surface area (Å²) in [7, 11) is 0. The number of nitrogens with zero attached hydrogens (tertiary/aromatic N) is 2. The second kappa shape index (κ2) is 5.79. The van der Waals surface area contributed by atoms with E-state index >= 15 is 0 Å². The molecule has 7 heteroatoms. The first-order chi connectivity index (χ1) is 10.1. The van der Waals surface area contributed by atoms with Gasteiger partial charge in [0.2, 0.25) is 5.91 Å². The van der Waals surface area contributed by atoms with Gasteiger partial charge in [0.25, 0.3) is 5.56 Å².